The molecule has 0 bridgehead atoms. The minimum atomic E-state index is 0.426. The third-order valence-corrected chi connectivity index (χ3v) is 4.85. The molecule has 0 unspecified atom stereocenters. The Labute approximate surface area is 104 Å². The van der Waals surface area contributed by atoms with Crippen LogP contribution < -0.4 is 0 Å². The van der Waals surface area contributed by atoms with Gasteiger partial charge in [0, 0.05) is 0 Å². The van der Waals surface area contributed by atoms with E-state index in [0.717, 1.165) is 0 Å². The second-order valence-corrected chi connectivity index (χ2v) is 6.04. The van der Waals surface area contributed by atoms with Crippen molar-refractivity contribution in [1.29, 1.82) is 0 Å². The van der Waals surface area contributed by atoms with Crippen molar-refractivity contribution in [2.24, 2.45) is 0 Å². The van der Waals surface area contributed by atoms with E-state index in [1.807, 2.05) is 0 Å². The summed E-state index contributed by atoms with van der Waals surface area (Å²) < 4.78 is 1.40. The number of aromatic nitrogens is 1. The van der Waals surface area contributed by atoms with Gasteiger partial charge in [-0.2, -0.15) is 0 Å². The van der Waals surface area contributed by atoms with Gasteiger partial charge in [0.1, 0.15) is 0 Å². The Bertz CT molecular complexity index is 845. The first-order valence-corrected chi connectivity index (χ1v) is 7.41. The average Bonchev–Trinajstić information content (AvgIpc) is 2.85. The maximum atomic E-state index is 4.54. The predicted octanol–water partition coefficient (Wildman–Crippen LogP) is 3.60. The number of hydrogen-bond donors (Lipinski definition) is 0. The van der Waals surface area contributed by atoms with Gasteiger partial charge in [-0.15, -0.1) is 0 Å². The monoisotopic (exact) mass is 283 g/mol. The van der Waals surface area contributed by atoms with E-state index < -0.39 is 0 Å². The fourth-order valence-corrected chi connectivity index (χ4v) is 3.80. The molecule has 1 heterocycles. The Morgan fingerprint density at radius 2 is 1.65 bits per heavy atom. The number of rotatable bonds is 0. The van der Waals surface area contributed by atoms with Crippen LogP contribution in [0.1, 0.15) is 0 Å². The van der Waals surface area contributed by atoms with Gasteiger partial charge in [-0.1, -0.05) is 0 Å². The molecule has 0 saturated heterocycles. The molecule has 0 atom stereocenters. The molecule has 1 aromatic heterocycles. The Morgan fingerprint density at radius 1 is 0.824 bits per heavy atom. The second-order valence-electron chi connectivity index (χ2n) is 4.19. The van der Waals surface area contributed by atoms with Crippen molar-refractivity contribution in [1.82, 2.24) is 4.98 Å². The van der Waals surface area contributed by atoms with Gasteiger partial charge in [0.05, 0.1) is 0 Å². The van der Waals surface area contributed by atoms with Gasteiger partial charge >= 0.3 is 104 Å². The van der Waals surface area contributed by atoms with Crippen LogP contribution in [0.2, 0.25) is 0 Å². The Morgan fingerprint density at radius 3 is 2.53 bits per heavy atom. The molecule has 0 fully saturated rings. The Balaban J connectivity index is 2.29. The summed E-state index contributed by atoms with van der Waals surface area (Å²) in [7, 11) is 0. The Hall–Kier alpha value is -1.63. The molecule has 80 valence electrons. The number of fused-ring (bicyclic) bond motifs is 4. The third-order valence-electron chi connectivity index (χ3n) is 3.18. The molecule has 0 aliphatic heterocycles. The van der Waals surface area contributed by atoms with E-state index in [0.29, 0.717) is 14.5 Å². The first-order valence-electron chi connectivity index (χ1n) is 5.56. The Kier molecular flexibility index (Phi) is 1.90. The first-order chi connectivity index (χ1) is 8.42. The van der Waals surface area contributed by atoms with Crippen molar-refractivity contribution in [3.8, 4) is 0 Å². The number of hydrogen-bond acceptors (Lipinski definition) is 1. The summed E-state index contributed by atoms with van der Waals surface area (Å²) >= 11 is 0.426. The van der Waals surface area contributed by atoms with Crippen molar-refractivity contribution in [2.75, 3.05) is 0 Å². The van der Waals surface area contributed by atoms with Crippen LogP contribution in [-0.4, -0.2) is 19.5 Å². The van der Waals surface area contributed by atoms with Crippen LogP contribution in [0.3, 0.4) is 0 Å². The van der Waals surface area contributed by atoms with Crippen LogP contribution in [0.15, 0.2) is 53.6 Å². The first kappa shape index (κ1) is 9.40. The van der Waals surface area contributed by atoms with Gasteiger partial charge in [-0.25, -0.2) is 0 Å². The molecule has 1 nitrogen and oxygen atoms in total. The molecular weight excluding hydrogens is 273 g/mol. The van der Waals surface area contributed by atoms with E-state index in [1.165, 1.54) is 31.3 Å². The summed E-state index contributed by atoms with van der Waals surface area (Å²) in [5.41, 5.74) is 1.19. The SMILES string of the molecule is c1ccc2cc3c(ccc4[se]cnc43)cc2c1. The summed E-state index contributed by atoms with van der Waals surface area (Å²) in [6, 6.07) is 17.5. The zero-order valence-corrected chi connectivity index (χ0v) is 10.8. The van der Waals surface area contributed by atoms with E-state index in [9.17, 15) is 0 Å². The van der Waals surface area contributed by atoms with Crippen molar-refractivity contribution in [3.63, 3.8) is 0 Å². The molecule has 3 aromatic carbocycles. The molecule has 4 aromatic rings. The van der Waals surface area contributed by atoms with Gasteiger partial charge in [0.15, 0.2) is 0 Å². The van der Waals surface area contributed by atoms with Crippen molar-refractivity contribution in [2.45, 2.75) is 0 Å². The molecule has 0 radical (unpaired) electrons. The molecular formula is C15H9NSe. The summed E-state index contributed by atoms with van der Waals surface area (Å²) in [6.45, 7) is 0. The van der Waals surface area contributed by atoms with E-state index in [2.05, 4.69) is 58.6 Å². The predicted molar refractivity (Wildman–Crippen MR) is 73.7 cm³/mol. The van der Waals surface area contributed by atoms with E-state index in [4.69, 9.17) is 0 Å². The zero-order chi connectivity index (χ0) is 11.2. The van der Waals surface area contributed by atoms with Crippen molar-refractivity contribution >= 4 is 45.8 Å². The fourth-order valence-electron chi connectivity index (χ4n) is 2.34. The van der Waals surface area contributed by atoms with E-state index in [1.54, 1.807) is 0 Å². The molecule has 4 rings (SSSR count). The third kappa shape index (κ3) is 1.35. The molecule has 0 amide bonds. The quantitative estimate of drug-likeness (QED) is 0.355. The normalized spacial score (nSPS) is 11.5. The molecule has 17 heavy (non-hydrogen) atoms. The van der Waals surface area contributed by atoms with Gasteiger partial charge in [-0.05, 0) is 0 Å². The molecule has 0 spiro atoms. The van der Waals surface area contributed by atoms with Crippen LogP contribution in [0.5, 0.6) is 0 Å². The summed E-state index contributed by atoms with van der Waals surface area (Å²) in [6.07, 6.45) is 0. The topological polar surface area (TPSA) is 12.9 Å². The molecule has 2 heteroatoms. The van der Waals surface area contributed by atoms with Gasteiger partial charge in [0.25, 0.3) is 0 Å². The van der Waals surface area contributed by atoms with E-state index in [-0.39, 0.29) is 0 Å². The second kappa shape index (κ2) is 3.43. The van der Waals surface area contributed by atoms with Gasteiger partial charge in [0.2, 0.25) is 0 Å². The minimum absolute atomic E-state index is 0.426. The van der Waals surface area contributed by atoms with Crippen LogP contribution in [0.25, 0.3) is 31.3 Å². The summed E-state index contributed by atoms with van der Waals surface area (Å²) in [4.78, 5) is 4.54. The number of benzene rings is 3. The maximum absolute atomic E-state index is 4.54. The van der Waals surface area contributed by atoms with Crippen molar-refractivity contribution < 1.29 is 0 Å². The number of nitrogens with zero attached hydrogens (tertiary/aromatic N) is 1. The molecule has 0 aliphatic rings. The van der Waals surface area contributed by atoms with E-state index >= 15 is 0 Å². The van der Waals surface area contributed by atoms with Crippen LogP contribution >= 0.6 is 0 Å². The molecule has 0 saturated carbocycles. The zero-order valence-electron chi connectivity index (χ0n) is 9.05. The van der Waals surface area contributed by atoms with Crippen LogP contribution in [0, 0.1) is 0 Å². The molecule has 0 N–H and O–H groups in total. The van der Waals surface area contributed by atoms with Crippen LogP contribution in [-0.2, 0) is 0 Å². The van der Waals surface area contributed by atoms with Crippen molar-refractivity contribution in [3.05, 3.63) is 53.6 Å². The van der Waals surface area contributed by atoms with Crippen LogP contribution in [0.4, 0.5) is 0 Å². The fraction of sp³-hybridized carbons (Fsp3) is 0. The molecule has 0 aliphatic carbocycles. The summed E-state index contributed by atoms with van der Waals surface area (Å²) in [5, 5.41) is 7.23. The van der Waals surface area contributed by atoms with Gasteiger partial charge < -0.3 is 0 Å². The van der Waals surface area contributed by atoms with Gasteiger partial charge in [-0.3, -0.25) is 0 Å². The summed E-state index contributed by atoms with van der Waals surface area (Å²) in [5.74, 6) is 0. The standard InChI is InChI=1S/C15H9NSe/c1-2-4-11-8-13-12(7-10(11)3-1)5-6-14-15(13)16-9-17-14/h1-9H. The average molecular weight is 282 g/mol.